The van der Waals surface area contributed by atoms with Crippen molar-refractivity contribution in [2.24, 2.45) is 0 Å². The second kappa shape index (κ2) is 17.7. The highest BCUT2D eigenvalue weighted by atomic mass is 35.5. The first-order chi connectivity index (χ1) is 30.8. The molecule has 0 radical (unpaired) electrons. The maximum atomic E-state index is 14.5. The molecule has 2 fully saturated rings. The van der Waals surface area contributed by atoms with E-state index in [1.807, 2.05) is 23.9 Å². The van der Waals surface area contributed by atoms with Crippen LogP contribution in [0.3, 0.4) is 0 Å². The van der Waals surface area contributed by atoms with E-state index in [-0.39, 0.29) is 84.3 Å². The van der Waals surface area contributed by atoms with Gasteiger partial charge in [-0.2, -0.15) is 0 Å². The molecule has 6 aromatic rings. The maximum Gasteiger partial charge on any atom is 0.358 e. The Balaban J connectivity index is 1.15. The number of β-amino-alcohol motifs (C(OH)–C–C–N with tert-alkyl or cyclic N) is 1. The molecule has 0 spiro atoms. The van der Waals surface area contributed by atoms with E-state index >= 15 is 0 Å². The minimum absolute atomic E-state index is 0.00613. The largest absolute Gasteiger partial charge is 0.507 e. The number of aromatic hydroxyl groups is 4. The monoisotopic (exact) mass is 943 g/mol. The molecule has 0 saturated carbocycles. The van der Waals surface area contributed by atoms with Crippen molar-refractivity contribution >= 4 is 69.4 Å². The average molecular weight is 945 g/mol. The SMILES string of the molecule is CN1CCC(c2c(O)cc(O)c3c(=[OH+])cc(/C=C/c4c(Cl)ccc(OC5CN(C)CCC5c5c(O)cc(O)c6c(=O)cc(/C=C/c7c(F)c(F)c(F)c(F)c7F)oc56)c4Cl)oc23)C(O)C1. The third-order valence-corrected chi connectivity index (χ3v) is 12.5. The van der Waals surface area contributed by atoms with E-state index in [1.165, 1.54) is 30.4 Å². The van der Waals surface area contributed by atoms with Crippen LogP contribution in [0.2, 0.25) is 10.0 Å². The van der Waals surface area contributed by atoms with Gasteiger partial charge in [-0.1, -0.05) is 23.2 Å². The second-order valence-corrected chi connectivity index (χ2v) is 16.9. The summed E-state index contributed by atoms with van der Waals surface area (Å²) < 4.78 is 89.1. The quantitative estimate of drug-likeness (QED) is 0.0428. The Morgan fingerprint density at radius 1 is 0.692 bits per heavy atom. The number of likely N-dealkylation sites (tertiary alicyclic amines) is 2. The van der Waals surface area contributed by atoms with Gasteiger partial charge in [-0.15, -0.1) is 0 Å². The molecule has 6 N–H and O–H groups in total. The van der Waals surface area contributed by atoms with Crippen molar-refractivity contribution in [1.82, 2.24) is 9.80 Å². The van der Waals surface area contributed by atoms with Gasteiger partial charge >= 0.3 is 5.43 Å². The third-order valence-electron chi connectivity index (χ3n) is 11.8. The number of benzene rings is 4. The smallest absolute Gasteiger partial charge is 0.358 e. The second-order valence-electron chi connectivity index (χ2n) is 16.1. The van der Waals surface area contributed by atoms with Crippen molar-refractivity contribution in [3.8, 4) is 28.7 Å². The number of nitrogens with zero attached hydrogens (tertiary/aromatic N) is 2. The molecule has 2 aromatic heterocycles. The van der Waals surface area contributed by atoms with Crippen LogP contribution in [0, 0.1) is 29.1 Å². The van der Waals surface area contributed by atoms with E-state index in [9.17, 15) is 57.1 Å². The first kappa shape index (κ1) is 45.5. The first-order valence-corrected chi connectivity index (χ1v) is 20.7. The van der Waals surface area contributed by atoms with Crippen molar-refractivity contribution in [1.29, 1.82) is 0 Å². The van der Waals surface area contributed by atoms with E-state index in [1.54, 1.807) is 0 Å². The molecule has 8 rings (SSSR count). The van der Waals surface area contributed by atoms with Crippen molar-refractivity contribution < 1.29 is 65.9 Å². The fourth-order valence-corrected chi connectivity index (χ4v) is 9.12. The van der Waals surface area contributed by atoms with Crippen molar-refractivity contribution in [3.05, 3.63) is 125 Å². The van der Waals surface area contributed by atoms with Gasteiger partial charge in [0.1, 0.15) is 57.3 Å². The van der Waals surface area contributed by atoms with Crippen molar-refractivity contribution in [2.45, 2.75) is 36.9 Å². The van der Waals surface area contributed by atoms with Crippen LogP contribution in [0.25, 0.3) is 46.2 Å². The van der Waals surface area contributed by atoms with Gasteiger partial charge in [0.25, 0.3) is 0 Å². The zero-order chi connectivity index (χ0) is 46.8. The van der Waals surface area contributed by atoms with Crippen LogP contribution in [0.4, 0.5) is 22.0 Å². The number of likely N-dealkylation sites (N-methyl/N-ethyl adjacent to an activating group) is 2. The number of aliphatic hydroxyl groups is 1. The average Bonchev–Trinajstić information content (AvgIpc) is 3.24. The number of rotatable bonds is 8. The highest BCUT2D eigenvalue weighted by Gasteiger charge is 2.37. The van der Waals surface area contributed by atoms with Crippen LogP contribution >= 0.6 is 23.2 Å². The van der Waals surface area contributed by atoms with Gasteiger partial charge in [0, 0.05) is 64.8 Å². The van der Waals surface area contributed by atoms with Crippen LogP contribution in [-0.4, -0.2) is 92.6 Å². The summed E-state index contributed by atoms with van der Waals surface area (Å²) in [7, 11) is 3.66. The molecule has 4 heterocycles. The summed E-state index contributed by atoms with van der Waals surface area (Å²) in [5, 5.41) is 54.5. The number of piperidine rings is 2. The van der Waals surface area contributed by atoms with E-state index in [4.69, 9.17) is 36.8 Å². The number of halogens is 7. The number of fused-ring (bicyclic) bond motifs is 2. The molecule has 4 unspecified atom stereocenters. The number of phenols is 4. The summed E-state index contributed by atoms with van der Waals surface area (Å²) in [5.41, 5.74) is -2.46. The minimum Gasteiger partial charge on any atom is -0.507 e. The molecule has 2 aliphatic rings. The highest BCUT2D eigenvalue weighted by molar-refractivity contribution is 6.38. The Morgan fingerprint density at radius 2 is 1.22 bits per heavy atom. The summed E-state index contributed by atoms with van der Waals surface area (Å²) in [4.78, 5) is 28.3. The zero-order valence-electron chi connectivity index (χ0n) is 34.2. The summed E-state index contributed by atoms with van der Waals surface area (Å²) in [5.74, 6) is -14.5. The zero-order valence-corrected chi connectivity index (χ0v) is 35.7. The highest BCUT2D eigenvalue weighted by Crippen LogP contribution is 2.45. The van der Waals surface area contributed by atoms with E-state index in [0.717, 1.165) is 24.3 Å². The predicted octanol–water partition coefficient (Wildman–Crippen LogP) is 8.36. The fourth-order valence-electron chi connectivity index (χ4n) is 8.58. The molecule has 12 nitrogen and oxygen atoms in total. The Morgan fingerprint density at radius 3 is 1.85 bits per heavy atom. The van der Waals surface area contributed by atoms with Crippen molar-refractivity contribution in [2.75, 3.05) is 40.3 Å². The molecule has 0 aliphatic carbocycles. The van der Waals surface area contributed by atoms with E-state index in [2.05, 4.69) is 0 Å². The summed E-state index contributed by atoms with van der Waals surface area (Å²) >= 11 is 13.6. The fraction of sp³-hybridized carbons (Fsp3) is 0.261. The number of hydrogen-bond donors (Lipinski definition) is 5. The molecule has 19 heteroatoms. The third kappa shape index (κ3) is 8.38. The number of aliphatic hydroxyl groups excluding tert-OH is 1. The first-order valence-electron chi connectivity index (χ1n) is 20.0. The molecular formula is C46H38Cl2F5N2O10+. The Kier molecular flexibility index (Phi) is 12.4. The number of phenolic OH excluding ortho intramolecular Hbond substituents is 4. The van der Waals surface area contributed by atoms with Crippen LogP contribution in [0.1, 0.15) is 58.5 Å². The molecule has 65 heavy (non-hydrogen) atoms. The molecule has 4 atom stereocenters. The lowest BCUT2D eigenvalue weighted by atomic mass is 9.85. The molecule has 0 bridgehead atoms. The minimum atomic E-state index is -2.35. The van der Waals surface area contributed by atoms with Gasteiger partial charge in [-0.25, -0.2) is 22.0 Å². The topological polar surface area (TPSA) is 182 Å². The Labute approximate surface area is 374 Å². The van der Waals surface area contributed by atoms with Crippen LogP contribution < -0.4 is 15.6 Å². The van der Waals surface area contributed by atoms with E-state index in [0.29, 0.717) is 32.1 Å². The molecule has 340 valence electrons. The van der Waals surface area contributed by atoms with Gasteiger partial charge in [0.05, 0.1) is 22.8 Å². The molecule has 2 saturated heterocycles. The van der Waals surface area contributed by atoms with Gasteiger partial charge in [0.15, 0.2) is 39.7 Å². The van der Waals surface area contributed by atoms with Crippen LogP contribution in [0.5, 0.6) is 28.7 Å². The molecule has 0 amide bonds. The summed E-state index contributed by atoms with van der Waals surface area (Å²) in [6.45, 7) is 1.57. The summed E-state index contributed by atoms with van der Waals surface area (Å²) in [6.07, 6.45) is 3.22. The Bertz CT molecular complexity index is 3080. The lowest BCUT2D eigenvalue weighted by Gasteiger charge is -2.37. The van der Waals surface area contributed by atoms with E-state index < -0.39 is 87.1 Å². The Hall–Kier alpha value is -6.11. The van der Waals surface area contributed by atoms with Gasteiger partial charge in [-0.3, -0.25) is 9.59 Å². The standard InChI is InChI=1S/C46H37Cl2F5N2O10/c1-54-11-9-22(32(62)17-54)35-28(58)15-30(60)37-26(56)13-19(63-45(35)37)3-5-21-25(47)7-8-33(39(21)48)65-34-18-55(2)12-10-23(34)36-29(59)16-31(61)38-27(57)14-20(64-46(36)38)4-6-24-40(49)42(51)44(53)43(52)41(24)50/h3-8,13-16,22-23,32,34,58-62H,9-12,17-18H2,1-2H3/p+1/b5-3+,6-4+. The lowest BCUT2D eigenvalue weighted by molar-refractivity contribution is 0.0630. The number of ether oxygens (including phenoxy) is 1. The summed E-state index contributed by atoms with van der Waals surface area (Å²) in [6, 6.07) is 7.11. The maximum absolute atomic E-state index is 14.5. The van der Waals surface area contributed by atoms with Gasteiger partial charge in [0.2, 0.25) is 5.82 Å². The molecular weight excluding hydrogens is 906 g/mol. The van der Waals surface area contributed by atoms with Gasteiger partial charge < -0.3 is 48.9 Å². The normalized spacial score (nSPS) is 19.9. The lowest BCUT2D eigenvalue weighted by Crippen LogP contribution is -2.44. The molecule has 4 aromatic carbocycles. The molecule has 2 aliphatic heterocycles. The van der Waals surface area contributed by atoms with Crippen LogP contribution in [0.15, 0.2) is 50.0 Å². The van der Waals surface area contributed by atoms with Crippen LogP contribution in [-0.2, 0) is 0 Å². The predicted molar refractivity (Wildman–Crippen MR) is 231 cm³/mol. The number of hydrogen-bond acceptors (Lipinski definition) is 11. The van der Waals surface area contributed by atoms with Crippen molar-refractivity contribution in [3.63, 3.8) is 0 Å². The van der Waals surface area contributed by atoms with Gasteiger partial charge in [-0.05, 0) is 76.5 Å².